The van der Waals surface area contributed by atoms with Crippen LogP contribution in [0.1, 0.15) is 46.3 Å². The van der Waals surface area contributed by atoms with Crippen LogP contribution in [0.15, 0.2) is 41.3 Å². The van der Waals surface area contributed by atoms with E-state index in [1.807, 2.05) is 6.92 Å². The Morgan fingerprint density at radius 1 is 1.23 bits per heavy atom. The summed E-state index contributed by atoms with van der Waals surface area (Å²) in [5.41, 5.74) is 1.55. The molecule has 1 aromatic carbocycles. The number of nitrogens with one attached hydrogen (secondary N) is 2. The smallest absolute Gasteiger partial charge is 0.274 e. The standard InChI is InChI=1S/C22H25N5O4/c1-3-31-17-6-4-15(5-7-17)20(28)24-16-8-10-26(11-9-16)22(30)18-12-19-21(29)23-14(2)13-27(19)25-18/h4-7,12-13,16H,3,8-11H2,1-2H3,(H,23,29)(H,24,28). The van der Waals surface area contributed by atoms with Crippen molar-refractivity contribution in [3.63, 3.8) is 0 Å². The van der Waals surface area contributed by atoms with Gasteiger partial charge in [-0.05, 0) is 51.0 Å². The van der Waals surface area contributed by atoms with Gasteiger partial charge in [0.2, 0.25) is 0 Å². The first kappa shape index (κ1) is 20.6. The molecule has 0 saturated carbocycles. The van der Waals surface area contributed by atoms with Crippen molar-refractivity contribution in [2.45, 2.75) is 32.7 Å². The largest absolute Gasteiger partial charge is 0.494 e. The fraction of sp³-hybridized carbons (Fsp3) is 0.364. The number of carbonyl (C=O) groups excluding carboxylic acids is 2. The van der Waals surface area contributed by atoms with Crippen LogP contribution in [0.5, 0.6) is 5.75 Å². The fourth-order valence-corrected chi connectivity index (χ4v) is 3.75. The number of rotatable bonds is 5. The highest BCUT2D eigenvalue weighted by Gasteiger charge is 2.26. The van der Waals surface area contributed by atoms with Crippen LogP contribution >= 0.6 is 0 Å². The number of benzene rings is 1. The van der Waals surface area contributed by atoms with E-state index >= 15 is 0 Å². The Labute approximate surface area is 179 Å². The zero-order chi connectivity index (χ0) is 22.0. The van der Waals surface area contributed by atoms with E-state index in [0.717, 1.165) is 5.75 Å². The van der Waals surface area contributed by atoms with Crippen molar-refractivity contribution in [1.29, 1.82) is 0 Å². The van der Waals surface area contributed by atoms with E-state index in [0.29, 0.717) is 49.3 Å². The van der Waals surface area contributed by atoms with E-state index in [1.54, 1.807) is 42.3 Å². The molecule has 4 rings (SSSR count). The molecule has 1 saturated heterocycles. The van der Waals surface area contributed by atoms with Crippen molar-refractivity contribution in [1.82, 2.24) is 24.8 Å². The molecule has 0 spiro atoms. The molecule has 0 atom stereocenters. The van der Waals surface area contributed by atoms with Gasteiger partial charge in [-0.1, -0.05) is 0 Å². The lowest BCUT2D eigenvalue weighted by Crippen LogP contribution is -2.46. The highest BCUT2D eigenvalue weighted by Crippen LogP contribution is 2.16. The Hall–Kier alpha value is -3.62. The van der Waals surface area contributed by atoms with Crippen LogP contribution in [0.3, 0.4) is 0 Å². The van der Waals surface area contributed by atoms with Gasteiger partial charge in [0, 0.05) is 42.7 Å². The molecule has 2 amide bonds. The number of hydrogen-bond acceptors (Lipinski definition) is 5. The Morgan fingerprint density at radius 2 is 1.94 bits per heavy atom. The third-order valence-electron chi connectivity index (χ3n) is 5.36. The summed E-state index contributed by atoms with van der Waals surface area (Å²) in [4.78, 5) is 41.8. The average molecular weight is 423 g/mol. The molecule has 3 aromatic rings. The van der Waals surface area contributed by atoms with Crippen molar-refractivity contribution in [3.8, 4) is 5.75 Å². The van der Waals surface area contributed by atoms with Crippen molar-refractivity contribution in [3.05, 3.63) is 63.8 Å². The molecule has 2 N–H and O–H groups in total. The number of nitrogens with zero attached hydrogens (tertiary/aromatic N) is 3. The van der Waals surface area contributed by atoms with Crippen LogP contribution in [-0.2, 0) is 0 Å². The summed E-state index contributed by atoms with van der Waals surface area (Å²) >= 11 is 0. The van der Waals surface area contributed by atoms with E-state index in [2.05, 4.69) is 15.4 Å². The summed E-state index contributed by atoms with van der Waals surface area (Å²) in [6.07, 6.45) is 2.99. The average Bonchev–Trinajstić information content (AvgIpc) is 3.19. The van der Waals surface area contributed by atoms with Crippen LogP contribution in [0.2, 0.25) is 0 Å². The molecule has 2 aromatic heterocycles. The quantitative estimate of drug-likeness (QED) is 0.650. The number of carbonyl (C=O) groups is 2. The predicted octanol–water partition coefficient (Wildman–Crippen LogP) is 1.76. The lowest BCUT2D eigenvalue weighted by molar-refractivity contribution is 0.0692. The Balaban J connectivity index is 1.35. The number of likely N-dealkylation sites (tertiary alicyclic amines) is 1. The van der Waals surface area contributed by atoms with Gasteiger partial charge < -0.3 is 19.9 Å². The number of ether oxygens (including phenoxy) is 1. The van der Waals surface area contributed by atoms with Gasteiger partial charge in [-0.15, -0.1) is 0 Å². The summed E-state index contributed by atoms with van der Waals surface area (Å²) in [5, 5.41) is 7.30. The molecular formula is C22H25N5O4. The predicted molar refractivity (Wildman–Crippen MR) is 115 cm³/mol. The van der Waals surface area contributed by atoms with E-state index < -0.39 is 0 Å². The lowest BCUT2D eigenvalue weighted by Gasteiger charge is -2.32. The van der Waals surface area contributed by atoms with Crippen LogP contribution < -0.4 is 15.6 Å². The van der Waals surface area contributed by atoms with Crippen molar-refractivity contribution >= 4 is 17.3 Å². The minimum Gasteiger partial charge on any atom is -0.494 e. The normalized spacial score (nSPS) is 14.6. The summed E-state index contributed by atoms with van der Waals surface area (Å²) < 4.78 is 6.83. The highest BCUT2D eigenvalue weighted by molar-refractivity contribution is 5.95. The molecule has 31 heavy (non-hydrogen) atoms. The van der Waals surface area contributed by atoms with Crippen molar-refractivity contribution < 1.29 is 14.3 Å². The molecule has 0 unspecified atom stereocenters. The van der Waals surface area contributed by atoms with Crippen LogP contribution in [-0.4, -0.2) is 57.1 Å². The monoisotopic (exact) mass is 423 g/mol. The SMILES string of the molecule is CCOc1ccc(C(=O)NC2CCN(C(=O)c3cc4c(=O)[nH]c(C)cn4n3)CC2)cc1. The van der Waals surface area contributed by atoms with Gasteiger partial charge in [-0.3, -0.25) is 14.4 Å². The molecule has 3 heterocycles. The summed E-state index contributed by atoms with van der Waals surface area (Å²) in [6.45, 7) is 5.27. The first-order valence-electron chi connectivity index (χ1n) is 10.4. The number of piperidine rings is 1. The number of fused-ring (bicyclic) bond motifs is 1. The van der Waals surface area contributed by atoms with Crippen LogP contribution in [0, 0.1) is 6.92 Å². The fourth-order valence-electron chi connectivity index (χ4n) is 3.75. The van der Waals surface area contributed by atoms with Crippen LogP contribution in [0.25, 0.3) is 5.52 Å². The Morgan fingerprint density at radius 3 is 2.61 bits per heavy atom. The van der Waals surface area contributed by atoms with Gasteiger partial charge >= 0.3 is 0 Å². The number of hydrogen-bond donors (Lipinski definition) is 2. The van der Waals surface area contributed by atoms with Gasteiger partial charge in [0.25, 0.3) is 17.4 Å². The molecular weight excluding hydrogens is 398 g/mol. The Kier molecular flexibility index (Phi) is 5.75. The molecule has 9 heteroatoms. The zero-order valence-electron chi connectivity index (χ0n) is 17.6. The minimum atomic E-state index is -0.276. The maximum Gasteiger partial charge on any atom is 0.274 e. The topological polar surface area (TPSA) is 109 Å². The molecule has 0 aliphatic carbocycles. The van der Waals surface area contributed by atoms with Gasteiger partial charge in [0.1, 0.15) is 11.3 Å². The second-order valence-electron chi connectivity index (χ2n) is 7.62. The van der Waals surface area contributed by atoms with Crippen LogP contribution in [0.4, 0.5) is 0 Å². The van der Waals surface area contributed by atoms with Gasteiger partial charge in [-0.25, -0.2) is 4.52 Å². The second-order valence-corrected chi connectivity index (χ2v) is 7.62. The number of H-pyrrole nitrogens is 1. The second kappa shape index (κ2) is 8.63. The van der Waals surface area contributed by atoms with E-state index in [-0.39, 0.29) is 29.1 Å². The molecule has 1 fully saturated rings. The van der Waals surface area contributed by atoms with Crippen molar-refractivity contribution in [2.24, 2.45) is 0 Å². The molecule has 162 valence electrons. The zero-order valence-corrected chi connectivity index (χ0v) is 17.6. The lowest BCUT2D eigenvalue weighted by atomic mass is 10.0. The first-order chi connectivity index (χ1) is 14.9. The summed E-state index contributed by atoms with van der Waals surface area (Å²) in [7, 11) is 0. The number of aromatic nitrogens is 3. The molecule has 1 aliphatic rings. The van der Waals surface area contributed by atoms with E-state index in [1.165, 1.54) is 10.6 Å². The maximum atomic E-state index is 12.8. The summed E-state index contributed by atoms with van der Waals surface area (Å²) in [5.74, 6) is 0.384. The third-order valence-corrected chi connectivity index (χ3v) is 5.36. The Bertz CT molecular complexity index is 1160. The van der Waals surface area contributed by atoms with E-state index in [4.69, 9.17) is 4.74 Å². The number of aryl methyl sites for hydroxylation is 1. The number of aromatic amines is 1. The van der Waals surface area contributed by atoms with E-state index in [9.17, 15) is 14.4 Å². The first-order valence-corrected chi connectivity index (χ1v) is 10.4. The highest BCUT2D eigenvalue weighted by atomic mass is 16.5. The summed E-state index contributed by atoms with van der Waals surface area (Å²) in [6, 6.07) is 8.55. The third kappa shape index (κ3) is 4.45. The van der Waals surface area contributed by atoms with Gasteiger partial charge in [0.05, 0.1) is 6.61 Å². The molecule has 0 bridgehead atoms. The molecule has 1 aliphatic heterocycles. The maximum absolute atomic E-state index is 12.8. The van der Waals surface area contributed by atoms with Crippen molar-refractivity contribution in [2.75, 3.05) is 19.7 Å². The molecule has 0 radical (unpaired) electrons. The number of amides is 2. The molecule has 9 nitrogen and oxygen atoms in total. The van der Waals surface area contributed by atoms with Gasteiger partial charge in [0.15, 0.2) is 5.69 Å². The van der Waals surface area contributed by atoms with Gasteiger partial charge in [-0.2, -0.15) is 5.10 Å². The minimum absolute atomic E-state index is 0.00492.